The first-order chi connectivity index (χ1) is 11.7. The van der Waals surface area contributed by atoms with E-state index in [0.29, 0.717) is 0 Å². The Bertz CT molecular complexity index is 720. The normalized spacial score (nSPS) is 11.0. The van der Waals surface area contributed by atoms with Crippen molar-refractivity contribution in [2.45, 2.75) is 33.6 Å². The third-order valence-electron chi connectivity index (χ3n) is 4.50. The van der Waals surface area contributed by atoms with Crippen LogP contribution in [0.5, 0.6) is 0 Å². The van der Waals surface area contributed by atoms with Gasteiger partial charge < -0.3 is 0 Å². The van der Waals surface area contributed by atoms with Crippen LogP contribution in [0.2, 0.25) is 0 Å². The second-order valence-corrected chi connectivity index (χ2v) is 8.43. The summed E-state index contributed by atoms with van der Waals surface area (Å²) in [6.07, 6.45) is 2.18. The molecule has 1 heteroatoms. The lowest BCUT2D eigenvalue weighted by Crippen LogP contribution is -2.20. The van der Waals surface area contributed by atoms with Crippen LogP contribution in [0.25, 0.3) is 0 Å². The topological polar surface area (TPSA) is 0 Å². The molecule has 0 saturated heterocycles. The molecule has 0 heterocycles. The van der Waals surface area contributed by atoms with Gasteiger partial charge in [0.15, 0.2) is 0 Å². The Morgan fingerprint density at radius 1 is 0.542 bits per heavy atom. The molecule has 24 heavy (non-hydrogen) atoms. The lowest BCUT2D eigenvalue weighted by molar-refractivity contribution is 1.14. The van der Waals surface area contributed by atoms with E-state index in [1.807, 2.05) is 0 Å². The van der Waals surface area contributed by atoms with Gasteiger partial charge >= 0.3 is 0 Å². The van der Waals surface area contributed by atoms with Crippen molar-refractivity contribution in [3.8, 4) is 0 Å². The van der Waals surface area contributed by atoms with E-state index >= 15 is 0 Å². The third-order valence-corrected chi connectivity index (χ3v) is 6.94. The molecule has 0 nitrogen and oxygen atoms in total. The van der Waals surface area contributed by atoms with E-state index in [2.05, 4.69) is 93.6 Å². The second-order valence-electron chi connectivity index (χ2n) is 6.21. The number of benzene rings is 3. The fourth-order valence-electron chi connectivity index (χ4n) is 2.90. The summed E-state index contributed by atoms with van der Waals surface area (Å²) < 4.78 is 0. The summed E-state index contributed by atoms with van der Waals surface area (Å²) in [4.78, 5) is 0. The molecule has 0 aliphatic carbocycles. The first-order valence-corrected chi connectivity index (χ1v) is 10.1. The lowest BCUT2D eigenvalue weighted by atomic mass is 10.2. The van der Waals surface area contributed by atoms with Crippen molar-refractivity contribution < 1.29 is 0 Å². The largest absolute Gasteiger partial charge is 0.0613 e. The minimum atomic E-state index is -0.493. The van der Waals surface area contributed by atoms with Gasteiger partial charge in [0.25, 0.3) is 0 Å². The first kappa shape index (κ1) is 16.9. The highest BCUT2D eigenvalue weighted by Gasteiger charge is 2.16. The van der Waals surface area contributed by atoms with Crippen LogP contribution in [-0.4, -0.2) is 0 Å². The van der Waals surface area contributed by atoms with Gasteiger partial charge in [-0.1, -0.05) is 92.2 Å². The second kappa shape index (κ2) is 7.77. The number of aryl methyl sites for hydroxylation is 3. The van der Waals surface area contributed by atoms with Crippen LogP contribution >= 0.6 is 7.92 Å². The van der Waals surface area contributed by atoms with Gasteiger partial charge in [0.05, 0.1) is 0 Å². The summed E-state index contributed by atoms with van der Waals surface area (Å²) in [6, 6.07) is 27.4. The smallest absolute Gasteiger partial charge is 0.0134 e. The molecule has 0 spiro atoms. The third kappa shape index (κ3) is 3.77. The van der Waals surface area contributed by atoms with Gasteiger partial charge in [0.2, 0.25) is 0 Å². The SMILES string of the molecule is CCc1ccc(P(c2ccc(C)cc2)c2ccc(CC)cc2)cc1. The Hall–Kier alpha value is -1.91. The van der Waals surface area contributed by atoms with Crippen molar-refractivity contribution in [3.05, 3.63) is 89.5 Å². The monoisotopic (exact) mass is 332 g/mol. The lowest BCUT2D eigenvalue weighted by Gasteiger charge is -2.20. The van der Waals surface area contributed by atoms with E-state index in [-0.39, 0.29) is 0 Å². The fraction of sp³-hybridized carbons (Fsp3) is 0.217. The Balaban J connectivity index is 2.06. The number of hydrogen-bond acceptors (Lipinski definition) is 0. The van der Waals surface area contributed by atoms with Gasteiger partial charge in [-0.2, -0.15) is 0 Å². The van der Waals surface area contributed by atoms with Gasteiger partial charge in [0.1, 0.15) is 0 Å². The zero-order valence-electron chi connectivity index (χ0n) is 14.8. The molecular formula is C23H25P. The predicted octanol–water partition coefficient (Wildman–Crippen LogP) is 4.88. The van der Waals surface area contributed by atoms with Crippen LogP contribution in [0.3, 0.4) is 0 Å². The quantitative estimate of drug-likeness (QED) is 0.584. The maximum Gasteiger partial charge on any atom is -0.0134 e. The number of rotatable bonds is 5. The van der Waals surface area contributed by atoms with Crippen molar-refractivity contribution in [2.24, 2.45) is 0 Å². The summed E-state index contributed by atoms with van der Waals surface area (Å²) in [5, 5.41) is 4.27. The molecular weight excluding hydrogens is 307 g/mol. The zero-order chi connectivity index (χ0) is 16.9. The molecule has 0 aliphatic rings. The van der Waals surface area contributed by atoms with Crippen molar-refractivity contribution in [3.63, 3.8) is 0 Å². The average molecular weight is 332 g/mol. The molecule has 0 fully saturated rings. The summed E-state index contributed by atoms with van der Waals surface area (Å²) in [6.45, 7) is 6.57. The van der Waals surface area contributed by atoms with Crippen LogP contribution in [0.1, 0.15) is 30.5 Å². The molecule has 0 unspecified atom stereocenters. The minimum Gasteiger partial charge on any atom is -0.0613 e. The molecule has 0 aromatic heterocycles. The van der Waals surface area contributed by atoms with Gasteiger partial charge in [-0.15, -0.1) is 0 Å². The van der Waals surface area contributed by atoms with Crippen molar-refractivity contribution in [1.82, 2.24) is 0 Å². The Morgan fingerprint density at radius 3 is 1.21 bits per heavy atom. The fourth-order valence-corrected chi connectivity index (χ4v) is 5.14. The molecule has 0 amide bonds. The first-order valence-electron chi connectivity index (χ1n) is 8.76. The Labute approximate surface area is 147 Å². The van der Waals surface area contributed by atoms with Gasteiger partial charge in [-0.25, -0.2) is 0 Å². The summed E-state index contributed by atoms with van der Waals surface area (Å²) in [7, 11) is -0.493. The average Bonchev–Trinajstić information content (AvgIpc) is 2.64. The Morgan fingerprint density at radius 2 is 0.875 bits per heavy atom. The van der Waals surface area contributed by atoms with E-state index in [9.17, 15) is 0 Å². The van der Waals surface area contributed by atoms with E-state index in [4.69, 9.17) is 0 Å². The minimum absolute atomic E-state index is 0.493. The standard InChI is InChI=1S/C23H25P/c1-4-19-8-14-22(15-9-19)24(21-12-6-18(3)7-13-21)23-16-10-20(5-2)11-17-23/h6-17H,4-5H2,1-3H3. The number of hydrogen-bond donors (Lipinski definition) is 0. The molecule has 3 rings (SSSR count). The molecule has 0 bridgehead atoms. The van der Waals surface area contributed by atoms with E-state index < -0.39 is 7.92 Å². The maximum atomic E-state index is 2.32. The van der Waals surface area contributed by atoms with Crippen LogP contribution in [0.15, 0.2) is 72.8 Å². The highest BCUT2D eigenvalue weighted by Crippen LogP contribution is 2.33. The van der Waals surface area contributed by atoms with Crippen molar-refractivity contribution in [1.29, 1.82) is 0 Å². The molecule has 0 radical (unpaired) electrons. The molecule has 122 valence electrons. The van der Waals surface area contributed by atoms with E-state index in [0.717, 1.165) is 12.8 Å². The molecule has 3 aromatic rings. The van der Waals surface area contributed by atoms with E-state index in [1.54, 1.807) is 0 Å². The van der Waals surface area contributed by atoms with Gasteiger partial charge in [0, 0.05) is 0 Å². The van der Waals surface area contributed by atoms with Crippen molar-refractivity contribution >= 4 is 23.8 Å². The van der Waals surface area contributed by atoms with Crippen molar-refractivity contribution in [2.75, 3.05) is 0 Å². The van der Waals surface area contributed by atoms with Crippen LogP contribution < -0.4 is 15.9 Å². The highest BCUT2D eigenvalue weighted by atomic mass is 31.1. The van der Waals surface area contributed by atoms with Gasteiger partial charge in [-0.3, -0.25) is 0 Å². The molecule has 0 atom stereocenters. The molecule has 0 aliphatic heterocycles. The van der Waals surface area contributed by atoms with Crippen LogP contribution in [-0.2, 0) is 12.8 Å². The van der Waals surface area contributed by atoms with E-state index in [1.165, 1.54) is 32.6 Å². The van der Waals surface area contributed by atoms with Crippen LogP contribution in [0, 0.1) is 6.92 Å². The van der Waals surface area contributed by atoms with Gasteiger partial charge in [-0.05, 0) is 54.7 Å². The van der Waals surface area contributed by atoms with Crippen LogP contribution in [0.4, 0.5) is 0 Å². The Kier molecular flexibility index (Phi) is 5.48. The maximum absolute atomic E-state index is 2.32. The highest BCUT2D eigenvalue weighted by molar-refractivity contribution is 7.79. The molecule has 0 N–H and O–H groups in total. The summed E-state index contributed by atoms with van der Waals surface area (Å²) >= 11 is 0. The predicted molar refractivity (Wildman–Crippen MR) is 109 cm³/mol. The molecule has 3 aromatic carbocycles. The summed E-state index contributed by atoms with van der Waals surface area (Å²) in [5.74, 6) is 0. The zero-order valence-corrected chi connectivity index (χ0v) is 15.7. The summed E-state index contributed by atoms with van der Waals surface area (Å²) in [5.41, 5.74) is 4.12. The molecule has 0 saturated carbocycles.